The first kappa shape index (κ1) is 14.4. The summed E-state index contributed by atoms with van der Waals surface area (Å²) in [5.74, 6) is -0.876. The molecular formula is C14H19NO3. The number of ether oxygens (including phenoxy) is 1. The summed E-state index contributed by atoms with van der Waals surface area (Å²) in [7, 11) is 1.67. The number of aliphatic carboxylic acids is 1. The first-order valence-electron chi connectivity index (χ1n) is 5.81. The Balaban J connectivity index is 2.42. The van der Waals surface area contributed by atoms with E-state index in [1.54, 1.807) is 20.1 Å². The molecule has 0 radical (unpaired) electrons. The Bertz CT molecular complexity index is 427. The molecule has 0 saturated heterocycles. The van der Waals surface area contributed by atoms with E-state index in [9.17, 15) is 4.79 Å². The lowest BCUT2D eigenvalue weighted by Gasteiger charge is -2.05. The van der Waals surface area contributed by atoms with Crippen LogP contribution in [0.15, 0.2) is 35.9 Å². The quantitative estimate of drug-likeness (QED) is 0.573. The highest BCUT2D eigenvalue weighted by molar-refractivity contribution is 5.85. The van der Waals surface area contributed by atoms with Gasteiger partial charge in [-0.15, -0.1) is 0 Å². The molecule has 0 aliphatic heterocycles. The zero-order valence-corrected chi connectivity index (χ0v) is 10.8. The van der Waals surface area contributed by atoms with Gasteiger partial charge in [0.25, 0.3) is 0 Å². The van der Waals surface area contributed by atoms with Gasteiger partial charge >= 0.3 is 5.97 Å². The minimum absolute atomic E-state index is 0.357. The van der Waals surface area contributed by atoms with Crippen molar-refractivity contribution < 1.29 is 14.6 Å². The topological polar surface area (TPSA) is 58.6 Å². The van der Waals surface area contributed by atoms with Gasteiger partial charge in [0.2, 0.25) is 0 Å². The maximum atomic E-state index is 10.6. The molecule has 1 aromatic carbocycles. The molecule has 0 saturated carbocycles. The molecule has 0 fully saturated rings. The summed E-state index contributed by atoms with van der Waals surface area (Å²) in [6.45, 7) is 3.45. The van der Waals surface area contributed by atoms with Gasteiger partial charge in [0.1, 0.15) is 0 Å². The molecule has 0 atom stereocenters. The normalized spacial score (nSPS) is 11.6. The van der Waals surface area contributed by atoms with Gasteiger partial charge in [-0.2, -0.15) is 0 Å². The molecule has 0 unspecified atom stereocenters. The van der Waals surface area contributed by atoms with E-state index in [1.807, 2.05) is 18.2 Å². The largest absolute Gasteiger partial charge is 0.478 e. The fraction of sp³-hybridized carbons (Fsp3) is 0.357. The van der Waals surface area contributed by atoms with Gasteiger partial charge in [-0.05, 0) is 18.1 Å². The monoisotopic (exact) mass is 249 g/mol. The van der Waals surface area contributed by atoms with Crippen LogP contribution in [0, 0.1) is 0 Å². The van der Waals surface area contributed by atoms with Crippen molar-refractivity contribution in [1.29, 1.82) is 0 Å². The van der Waals surface area contributed by atoms with Crippen molar-refractivity contribution >= 4 is 5.97 Å². The van der Waals surface area contributed by atoms with Crippen LogP contribution in [-0.2, 0) is 22.7 Å². The zero-order valence-electron chi connectivity index (χ0n) is 10.8. The Labute approximate surface area is 107 Å². The molecule has 98 valence electrons. The fourth-order valence-electron chi connectivity index (χ4n) is 1.53. The number of nitrogens with one attached hydrogen (secondary N) is 1. The van der Waals surface area contributed by atoms with Crippen molar-refractivity contribution in [3.05, 3.63) is 47.0 Å². The smallest absolute Gasteiger partial charge is 0.330 e. The molecule has 1 aromatic rings. The van der Waals surface area contributed by atoms with E-state index in [0.717, 1.165) is 11.1 Å². The summed E-state index contributed by atoms with van der Waals surface area (Å²) in [5.41, 5.74) is 2.65. The average molecular weight is 249 g/mol. The lowest BCUT2D eigenvalue weighted by Crippen LogP contribution is -2.14. The van der Waals surface area contributed by atoms with Gasteiger partial charge in [0.15, 0.2) is 0 Å². The van der Waals surface area contributed by atoms with Crippen molar-refractivity contribution in [2.45, 2.75) is 20.1 Å². The van der Waals surface area contributed by atoms with E-state index in [1.165, 1.54) is 0 Å². The Hall–Kier alpha value is -1.65. The van der Waals surface area contributed by atoms with Crippen LogP contribution in [0.4, 0.5) is 0 Å². The van der Waals surface area contributed by atoms with Crippen molar-refractivity contribution in [3.8, 4) is 0 Å². The number of carbonyl (C=O) groups is 1. The standard InChI is InChI=1S/C14H19NO3/c1-11(14(16)17)6-7-15-9-12-4-3-5-13(8-12)10-18-2/h3-6,8,15H,7,9-10H2,1-2H3,(H,16,17)/b11-6-. The third-order valence-electron chi connectivity index (χ3n) is 2.52. The Morgan fingerprint density at radius 1 is 1.44 bits per heavy atom. The van der Waals surface area contributed by atoms with Gasteiger partial charge in [-0.3, -0.25) is 0 Å². The third-order valence-corrected chi connectivity index (χ3v) is 2.52. The molecule has 2 N–H and O–H groups in total. The van der Waals surface area contributed by atoms with E-state index in [4.69, 9.17) is 9.84 Å². The summed E-state index contributed by atoms with van der Waals surface area (Å²) in [5, 5.41) is 11.9. The lowest BCUT2D eigenvalue weighted by molar-refractivity contribution is -0.132. The van der Waals surface area contributed by atoms with Gasteiger partial charge < -0.3 is 15.2 Å². The van der Waals surface area contributed by atoms with E-state index >= 15 is 0 Å². The Morgan fingerprint density at radius 2 is 2.17 bits per heavy atom. The summed E-state index contributed by atoms with van der Waals surface area (Å²) in [4.78, 5) is 10.6. The second-order valence-corrected chi connectivity index (χ2v) is 4.08. The summed E-state index contributed by atoms with van der Waals surface area (Å²) in [6.07, 6.45) is 1.67. The first-order valence-corrected chi connectivity index (χ1v) is 5.81. The summed E-state index contributed by atoms with van der Waals surface area (Å²) >= 11 is 0. The van der Waals surface area contributed by atoms with E-state index in [2.05, 4.69) is 11.4 Å². The maximum Gasteiger partial charge on any atom is 0.330 e. The van der Waals surface area contributed by atoms with E-state index in [-0.39, 0.29) is 0 Å². The van der Waals surface area contributed by atoms with Crippen molar-refractivity contribution in [3.63, 3.8) is 0 Å². The molecule has 4 heteroatoms. The summed E-state index contributed by atoms with van der Waals surface area (Å²) in [6, 6.07) is 8.11. The number of hydrogen-bond acceptors (Lipinski definition) is 3. The van der Waals surface area contributed by atoms with Gasteiger partial charge in [-0.1, -0.05) is 30.3 Å². The molecular weight excluding hydrogens is 230 g/mol. The number of methoxy groups -OCH3 is 1. The van der Waals surface area contributed by atoms with Crippen LogP contribution in [0.2, 0.25) is 0 Å². The molecule has 1 rings (SSSR count). The number of carboxylic acids is 1. The van der Waals surface area contributed by atoms with Crippen LogP contribution in [0.5, 0.6) is 0 Å². The molecule has 0 aliphatic rings. The summed E-state index contributed by atoms with van der Waals surface area (Å²) < 4.78 is 5.07. The molecule has 0 amide bonds. The van der Waals surface area contributed by atoms with Crippen molar-refractivity contribution in [2.75, 3.05) is 13.7 Å². The molecule has 0 spiro atoms. The fourth-order valence-corrected chi connectivity index (χ4v) is 1.53. The van der Waals surface area contributed by atoms with Crippen LogP contribution in [0.25, 0.3) is 0 Å². The van der Waals surface area contributed by atoms with E-state index < -0.39 is 5.97 Å². The highest BCUT2D eigenvalue weighted by Crippen LogP contribution is 2.06. The minimum atomic E-state index is -0.876. The molecule has 0 bridgehead atoms. The van der Waals surface area contributed by atoms with Crippen molar-refractivity contribution in [1.82, 2.24) is 5.32 Å². The predicted molar refractivity (Wildman–Crippen MR) is 70.3 cm³/mol. The average Bonchev–Trinajstić information content (AvgIpc) is 2.35. The van der Waals surface area contributed by atoms with Gasteiger partial charge in [-0.25, -0.2) is 4.79 Å². The number of hydrogen-bond donors (Lipinski definition) is 2. The highest BCUT2D eigenvalue weighted by atomic mass is 16.5. The molecule has 4 nitrogen and oxygen atoms in total. The Kier molecular flexibility index (Phi) is 6.11. The van der Waals surface area contributed by atoms with Crippen molar-refractivity contribution in [2.24, 2.45) is 0 Å². The first-order chi connectivity index (χ1) is 8.63. The Morgan fingerprint density at radius 3 is 2.83 bits per heavy atom. The second kappa shape index (κ2) is 7.63. The van der Waals surface area contributed by atoms with Crippen LogP contribution < -0.4 is 5.32 Å². The number of rotatable bonds is 7. The predicted octanol–water partition coefficient (Wildman–Crippen LogP) is 1.95. The minimum Gasteiger partial charge on any atom is -0.478 e. The third kappa shape index (κ3) is 5.12. The highest BCUT2D eigenvalue weighted by Gasteiger charge is 1.98. The van der Waals surface area contributed by atoms with E-state index in [0.29, 0.717) is 25.3 Å². The molecule has 0 aromatic heterocycles. The molecule has 18 heavy (non-hydrogen) atoms. The maximum absolute atomic E-state index is 10.6. The lowest BCUT2D eigenvalue weighted by atomic mass is 10.1. The van der Waals surface area contributed by atoms with Crippen LogP contribution in [0.1, 0.15) is 18.1 Å². The van der Waals surface area contributed by atoms with Gasteiger partial charge in [0.05, 0.1) is 6.61 Å². The van der Waals surface area contributed by atoms with Gasteiger partial charge in [0, 0.05) is 25.8 Å². The van der Waals surface area contributed by atoms with Crippen LogP contribution in [-0.4, -0.2) is 24.7 Å². The molecule has 0 heterocycles. The number of benzene rings is 1. The second-order valence-electron chi connectivity index (χ2n) is 4.08. The number of carboxylic acid groups (broad SMARTS) is 1. The van der Waals surface area contributed by atoms with Crippen LogP contribution in [0.3, 0.4) is 0 Å². The SMILES string of the molecule is COCc1cccc(CNC/C=C(/C)C(=O)O)c1. The zero-order chi connectivity index (χ0) is 13.4. The molecule has 0 aliphatic carbocycles. The van der Waals surface area contributed by atoms with Crippen LogP contribution >= 0.6 is 0 Å².